The van der Waals surface area contributed by atoms with E-state index in [1.54, 1.807) is 6.20 Å². The molecular formula is C10H7ClN4O. The number of hydrogen-bond donors (Lipinski definition) is 2. The molecule has 0 saturated carbocycles. The van der Waals surface area contributed by atoms with Crippen molar-refractivity contribution in [1.29, 1.82) is 0 Å². The number of nitrogen functional groups attached to an aromatic ring is 1. The molecule has 0 aliphatic heterocycles. The molecule has 0 fully saturated rings. The molecule has 3 rings (SSSR count). The number of fused-ring (bicyclic) bond motifs is 1. The number of rotatable bonds is 1. The molecule has 2 heterocycles. The van der Waals surface area contributed by atoms with Crippen molar-refractivity contribution in [1.82, 2.24) is 15.4 Å². The second kappa shape index (κ2) is 3.24. The lowest BCUT2D eigenvalue weighted by molar-refractivity contribution is 0.436. The first-order valence-corrected chi connectivity index (χ1v) is 4.97. The molecule has 3 aromatic rings. The van der Waals surface area contributed by atoms with E-state index in [0.29, 0.717) is 11.0 Å². The fourth-order valence-corrected chi connectivity index (χ4v) is 1.81. The molecule has 0 aliphatic carbocycles. The van der Waals surface area contributed by atoms with Crippen LogP contribution in [0.15, 0.2) is 28.9 Å². The van der Waals surface area contributed by atoms with Gasteiger partial charge in [-0.2, -0.15) is 5.10 Å². The van der Waals surface area contributed by atoms with Crippen LogP contribution in [0.4, 0.5) is 5.88 Å². The van der Waals surface area contributed by atoms with Gasteiger partial charge in [0.25, 0.3) is 0 Å². The van der Waals surface area contributed by atoms with E-state index in [0.717, 1.165) is 22.0 Å². The van der Waals surface area contributed by atoms with Crippen LogP contribution in [0, 0.1) is 0 Å². The quantitative estimate of drug-likeness (QED) is 0.678. The summed E-state index contributed by atoms with van der Waals surface area (Å²) in [5, 5.41) is 11.8. The maximum Gasteiger partial charge on any atom is 0.229 e. The monoisotopic (exact) mass is 234 g/mol. The Balaban J connectivity index is 2.23. The van der Waals surface area contributed by atoms with Crippen molar-refractivity contribution in [3.63, 3.8) is 0 Å². The number of benzene rings is 1. The van der Waals surface area contributed by atoms with E-state index in [4.69, 9.17) is 21.9 Å². The van der Waals surface area contributed by atoms with Crippen LogP contribution in [0.5, 0.6) is 0 Å². The van der Waals surface area contributed by atoms with Crippen molar-refractivity contribution in [2.75, 3.05) is 5.73 Å². The van der Waals surface area contributed by atoms with Gasteiger partial charge in [0.15, 0.2) is 0 Å². The van der Waals surface area contributed by atoms with Gasteiger partial charge in [0, 0.05) is 5.39 Å². The summed E-state index contributed by atoms with van der Waals surface area (Å²) in [4.78, 5) is 0. The van der Waals surface area contributed by atoms with Crippen molar-refractivity contribution in [3.05, 3.63) is 29.5 Å². The number of anilines is 1. The minimum absolute atomic E-state index is 0.293. The fourth-order valence-electron chi connectivity index (χ4n) is 1.61. The van der Waals surface area contributed by atoms with Crippen LogP contribution in [-0.4, -0.2) is 15.4 Å². The average Bonchev–Trinajstić information content (AvgIpc) is 2.86. The van der Waals surface area contributed by atoms with E-state index < -0.39 is 0 Å². The normalized spacial score (nSPS) is 11.1. The van der Waals surface area contributed by atoms with Gasteiger partial charge in [-0.05, 0) is 17.7 Å². The number of aromatic nitrogens is 3. The van der Waals surface area contributed by atoms with Crippen molar-refractivity contribution in [3.8, 4) is 11.1 Å². The summed E-state index contributed by atoms with van der Waals surface area (Å²) in [6.07, 6.45) is 1.57. The summed E-state index contributed by atoms with van der Waals surface area (Å²) in [5.74, 6) is 0.293. The molecule has 0 spiro atoms. The maximum atomic E-state index is 5.91. The van der Waals surface area contributed by atoms with Gasteiger partial charge in [-0.15, -0.1) is 0 Å². The topological polar surface area (TPSA) is 80.7 Å². The van der Waals surface area contributed by atoms with Crippen LogP contribution < -0.4 is 5.73 Å². The lowest BCUT2D eigenvalue weighted by atomic mass is 10.1. The third-order valence-electron chi connectivity index (χ3n) is 2.42. The van der Waals surface area contributed by atoms with Gasteiger partial charge in [-0.25, -0.2) is 0 Å². The minimum Gasteiger partial charge on any atom is -0.367 e. The van der Waals surface area contributed by atoms with Crippen molar-refractivity contribution >= 4 is 28.4 Å². The van der Waals surface area contributed by atoms with Gasteiger partial charge in [0.1, 0.15) is 5.15 Å². The number of nitrogens with one attached hydrogen (secondary N) is 1. The highest BCUT2D eigenvalue weighted by molar-refractivity contribution is 6.34. The summed E-state index contributed by atoms with van der Waals surface area (Å²) < 4.78 is 4.81. The van der Waals surface area contributed by atoms with Crippen LogP contribution in [-0.2, 0) is 0 Å². The zero-order valence-electron chi connectivity index (χ0n) is 8.07. The summed E-state index contributed by atoms with van der Waals surface area (Å²) in [6.45, 7) is 0. The fraction of sp³-hybridized carbons (Fsp3) is 0. The molecule has 0 atom stereocenters. The lowest BCUT2D eigenvalue weighted by Crippen LogP contribution is -1.84. The zero-order valence-corrected chi connectivity index (χ0v) is 8.82. The van der Waals surface area contributed by atoms with Crippen LogP contribution in [0.1, 0.15) is 0 Å². The van der Waals surface area contributed by atoms with E-state index in [9.17, 15) is 0 Å². The van der Waals surface area contributed by atoms with E-state index in [1.807, 2.05) is 18.2 Å². The number of nitrogens with two attached hydrogens (primary N) is 1. The molecule has 5 nitrogen and oxygen atoms in total. The number of aromatic amines is 1. The molecule has 0 unspecified atom stereocenters. The second-order valence-corrected chi connectivity index (χ2v) is 3.75. The van der Waals surface area contributed by atoms with Gasteiger partial charge >= 0.3 is 0 Å². The Labute approximate surface area is 95.2 Å². The van der Waals surface area contributed by atoms with Crippen LogP contribution in [0.3, 0.4) is 0 Å². The highest BCUT2D eigenvalue weighted by Crippen LogP contribution is 2.29. The highest BCUT2D eigenvalue weighted by Gasteiger charge is 2.09. The largest absolute Gasteiger partial charge is 0.367 e. The maximum absolute atomic E-state index is 5.91. The third-order valence-corrected chi connectivity index (χ3v) is 2.71. The van der Waals surface area contributed by atoms with Gasteiger partial charge in [-0.3, -0.25) is 5.10 Å². The predicted molar refractivity (Wildman–Crippen MR) is 61.0 cm³/mol. The van der Waals surface area contributed by atoms with Gasteiger partial charge in [-0.1, -0.05) is 22.8 Å². The van der Waals surface area contributed by atoms with Crippen LogP contribution in [0.2, 0.25) is 5.15 Å². The number of nitrogens with zero attached hydrogens (tertiary/aromatic N) is 2. The summed E-state index contributed by atoms with van der Waals surface area (Å²) in [5.41, 5.74) is 8.07. The van der Waals surface area contributed by atoms with Crippen molar-refractivity contribution < 1.29 is 4.52 Å². The minimum atomic E-state index is 0.293. The molecule has 0 aliphatic rings. The average molecular weight is 235 g/mol. The van der Waals surface area contributed by atoms with E-state index in [2.05, 4.69) is 15.4 Å². The highest BCUT2D eigenvalue weighted by atomic mass is 35.5. The number of hydrogen-bond acceptors (Lipinski definition) is 4. The SMILES string of the molecule is Nc1oncc1-c1ccc2c(Cl)[nH]nc2c1. The Bertz CT molecular complexity index is 658. The zero-order chi connectivity index (χ0) is 11.1. The van der Waals surface area contributed by atoms with Crippen molar-refractivity contribution in [2.24, 2.45) is 0 Å². The van der Waals surface area contributed by atoms with E-state index in [-0.39, 0.29) is 0 Å². The first-order chi connectivity index (χ1) is 7.75. The summed E-state index contributed by atoms with van der Waals surface area (Å²) in [6, 6.07) is 5.65. The standard InChI is InChI=1S/C10H7ClN4O/c11-9-6-2-1-5(3-8(6)14-15-9)7-4-13-16-10(7)12/h1-4H,12H2,(H,14,15). The Morgan fingerprint density at radius 3 is 3.00 bits per heavy atom. The number of halogens is 1. The molecule has 0 bridgehead atoms. The molecule has 2 aromatic heterocycles. The van der Waals surface area contributed by atoms with Crippen LogP contribution >= 0.6 is 11.6 Å². The van der Waals surface area contributed by atoms with Gasteiger partial charge in [0.2, 0.25) is 5.88 Å². The van der Waals surface area contributed by atoms with Gasteiger partial charge in [0.05, 0.1) is 17.3 Å². The molecule has 16 heavy (non-hydrogen) atoms. The summed E-state index contributed by atoms with van der Waals surface area (Å²) in [7, 11) is 0. The molecule has 0 saturated heterocycles. The molecule has 3 N–H and O–H groups in total. The molecular weight excluding hydrogens is 228 g/mol. The molecule has 6 heteroatoms. The molecule has 80 valence electrons. The lowest BCUT2D eigenvalue weighted by Gasteiger charge is -1.97. The van der Waals surface area contributed by atoms with Crippen LogP contribution in [0.25, 0.3) is 22.0 Å². The van der Waals surface area contributed by atoms with Crippen molar-refractivity contribution in [2.45, 2.75) is 0 Å². The molecule has 0 radical (unpaired) electrons. The number of H-pyrrole nitrogens is 1. The Hall–Kier alpha value is -2.01. The third kappa shape index (κ3) is 1.25. The van der Waals surface area contributed by atoms with E-state index >= 15 is 0 Å². The smallest absolute Gasteiger partial charge is 0.229 e. The second-order valence-electron chi connectivity index (χ2n) is 3.37. The Morgan fingerprint density at radius 1 is 1.38 bits per heavy atom. The Morgan fingerprint density at radius 2 is 2.25 bits per heavy atom. The first-order valence-electron chi connectivity index (χ1n) is 4.60. The summed E-state index contributed by atoms with van der Waals surface area (Å²) >= 11 is 5.91. The van der Waals surface area contributed by atoms with E-state index in [1.165, 1.54) is 0 Å². The van der Waals surface area contributed by atoms with Gasteiger partial charge < -0.3 is 10.3 Å². The first kappa shape index (κ1) is 9.23. The Kier molecular flexibility index (Phi) is 1.87. The molecule has 0 amide bonds. The predicted octanol–water partition coefficient (Wildman–Crippen LogP) is 2.45. The molecule has 1 aromatic carbocycles.